The number of nitrogens with one attached hydrogen (secondary N) is 1. The summed E-state index contributed by atoms with van der Waals surface area (Å²) in [5, 5.41) is 3.73. The molecular formula is C36H48ClN5O3. The summed E-state index contributed by atoms with van der Waals surface area (Å²) < 4.78 is 0. The van der Waals surface area contributed by atoms with E-state index in [1.165, 1.54) is 25.9 Å². The third kappa shape index (κ3) is 7.49. The van der Waals surface area contributed by atoms with Gasteiger partial charge in [0.15, 0.2) is 0 Å². The molecule has 242 valence electrons. The van der Waals surface area contributed by atoms with Gasteiger partial charge in [-0.15, -0.1) is 0 Å². The van der Waals surface area contributed by atoms with Gasteiger partial charge in [-0.1, -0.05) is 41.9 Å². The highest BCUT2D eigenvalue weighted by Gasteiger charge is 2.36. The Bertz CT molecular complexity index is 1380. The number of halogens is 1. The van der Waals surface area contributed by atoms with Crippen molar-refractivity contribution in [2.75, 3.05) is 51.6 Å². The number of hydrogen-bond donors (Lipinski definition) is 1. The average molecular weight is 634 g/mol. The van der Waals surface area contributed by atoms with Crippen molar-refractivity contribution in [2.24, 2.45) is 17.8 Å². The summed E-state index contributed by atoms with van der Waals surface area (Å²) in [5.41, 5.74) is 4.02. The Hall–Kier alpha value is -3.10. The van der Waals surface area contributed by atoms with E-state index in [9.17, 15) is 14.4 Å². The maximum absolute atomic E-state index is 14.1. The minimum absolute atomic E-state index is 0.0344. The van der Waals surface area contributed by atoms with Crippen molar-refractivity contribution in [1.29, 1.82) is 0 Å². The number of likely N-dealkylation sites (tertiary alicyclic amines) is 3. The molecule has 0 radical (unpaired) electrons. The molecule has 45 heavy (non-hydrogen) atoms. The zero-order chi connectivity index (χ0) is 31.5. The third-order valence-corrected chi connectivity index (χ3v) is 11.3. The zero-order valence-corrected chi connectivity index (χ0v) is 27.6. The first-order valence-corrected chi connectivity index (χ1v) is 17.3. The number of rotatable bonds is 7. The first-order chi connectivity index (χ1) is 21.7. The minimum atomic E-state index is -0.403. The lowest BCUT2D eigenvalue weighted by Crippen LogP contribution is -2.51. The standard InChI is InChI=1S/C36H48ClN5O3/c1-25-21-26(7-8-32(25)37)22-30(35(44)41-17-11-28(12-18-41)27-9-15-39(2)16-10-27)23-34(43)40-19-13-31(14-20-40)42-24-29-5-3-4-6-33(29)38-36(42)45/h3-8,21,27-28,30-31H,9-20,22-24H2,1-2H3,(H,38,45). The van der Waals surface area contributed by atoms with Crippen LogP contribution in [0.3, 0.4) is 0 Å². The van der Waals surface area contributed by atoms with E-state index in [-0.39, 0.29) is 30.3 Å². The van der Waals surface area contributed by atoms with Crippen LogP contribution < -0.4 is 5.32 Å². The van der Waals surface area contributed by atoms with Gasteiger partial charge < -0.3 is 24.9 Å². The molecule has 3 saturated heterocycles. The molecule has 6 rings (SSSR count). The molecule has 0 bridgehead atoms. The highest BCUT2D eigenvalue weighted by molar-refractivity contribution is 6.31. The van der Waals surface area contributed by atoms with Crippen LogP contribution >= 0.6 is 11.6 Å². The number of aryl methyl sites for hydroxylation is 1. The first kappa shape index (κ1) is 31.9. The summed E-state index contributed by atoms with van der Waals surface area (Å²) in [6.07, 6.45) is 6.84. The van der Waals surface area contributed by atoms with E-state index in [1.54, 1.807) is 0 Å². The van der Waals surface area contributed by atoms with Crippen LogP contribution in [0.2, 0.25) is 5.02 Å². The van der Waals surface area contributed by atoms with Crippen molar-refractivity contribution in [3.8, 4) is 0 Å². The molecule has 4 aliphatic rings. The Morgan fingerprint density at radius 1 is 0.889 bits per heavy atom. The lowest BCUT2D eigenvalue weighted by Gasteiger charge is -2.41. The second-order valence-corrected chi connectivity index (χ2v) is 14.2. The first-order valence-electron chi connectivity index (χ1n) is 16.9. The van der Waals surface area contributed by atoms with Crippen molar-refractivity contribution in [1.82, 2.24) is 19.6 Å². The van der Waals surface area contributed by atoms with E-state index in [1.807, 2.05) is 58.0 Å². The molecule has 2 aromatic rings. The summed E-state index contributed by atoms with van der Waals surface area (Å²) in [7, 11) is 2.20. The van der Waals surface area contributed by atoms with E-state index < -0.39 is 5.92 Å². The van der Waals surface area contributed by atoms with Gasteiger partial charge in [-0.3, -0.25) is 9.59 Å². The number of carbonyl (C=O) groups is 3. The maximum Gasteiger partial charge on any atom is 0.322 e. The fourth-order valence-corrected chi connectivity index (χ4v) is 8.12. The summed E-state index contributed by atoms with van der Waals surface area (Å²) in [5.74, 6) is 1.20. The Morgan fingerprint density at radius 3 is 2.22 bits per heavy atom. The lowest BCUT2D eigenvalue weighted by atomic mass is 9.78. The molecule has 1 unspecified atom stereocenters. The largest absolute Gasteiger partial charge is 0.343 e. The maximum atomic E-state index is 14.1. The predicted octanol–water partition coefficient (Wildman–Crippen LogP) is 5.82. The molecule has 9 heteroatoms. The van der Waals surface area contributed by atoms with E-state index in [0.29, 0.717) is 37.0 Å². The normalized spacial score (nSPS) is 21.4. The van der Waals surface area contributed by atoms with Gasteiger partial charge in [0.25, 0.3) is 0 Å². The van der Waals surface area contributed by atoms with Gasteiger partial charge in [0, 0.05) is 55.9 Å². The Labute approximate surface area is 273 Å². The molecule has 4 aliphatic heterocycles. The molecule has 0 aromatic heterocycles. The Kier molecular flexibility index (Phi) is 10.0. The van der Waals surface area contributed by atoms with Gasteiger partial charge >= 0.3 is 6.03 Å². The van der Waals surface area contributed by atoms with Crippen molar-refractivity contribution < 1.29 is 14.4 Å². The third-order valence-electron chi connectivity index (χ3n) is 10.9. The Balaban J connectivity index is 1.07. The highest BCUT2D eigenvalue weighted by Crippen LogP contribution is 2.34. The Morgan fingerprint density at radius 2 is 1.53 bits per heavy atom. The molecule has 0 saturated carbocycles. The molecule has 4 heterocycles. The molecule has 0 spiro atoms. The number of fused-ring (bicyclic) bond motifs is 1. The van der Waals surface area contributed by atoms with Gasteiger partial charge in [0.1, 0.15) is 0 Å². The summed E-state index contributed by atoms with van der Waals surface area (Å²) in [6.45, 7) is 7.67. The monoisotopic (exact) mass is 633 g/mol. The molecule has 4 amide bonds. The number of carbonyl (C=O) groups excluding carboxylic acids is 3. The number of nitrogens with zero attached hydrogens (tertiary/aromatic N) is 4. The smallest absolute Gasteiger partial charge is 0.322 e. The van der Waals surface area contributed by atoms with Gasteiger partial charge in [0.05, 0.1) is 5.92 Å². The molecule has 8 nitrogen and oxygen atoms in total. The number of para-hydroxylation sites is 1. The van der Waals surface area contributed by atoms with E-state index in [0.717, 1.165) is 67.1 Å². The minimum Gasteiger partial charge on any atom is -0.343 e. The van der Waals surface area contributed by atoms with Crippen molar-refractivity contribution in [3.63, 3.8) is 0 Å². The summed E-state index contributed by atoms with van der Waals surface area (Å²) in [6, 6.07) is 13.9. The molecule has 1 N–H and O–H groups in total. The van der Waals surface area contributed by atoms with Crippen molar-refractivity contribution in [3.05, 3.63) is 64.2 Å². The van der Waals surface area contributed by atoms with Crippen LogP contribution in [-0.4, -0.2) is 89.8 Å². The highest BCUT2D eigenvalue weighted by atomic mass is 35.5. The number of amides is 4. The van der Waals surface area contributed by atoms with Crippen LogP contribution in [0.15, 0.2) is 42.5 Å². The molecule has 0 aliphatic carbocycles. The van der Waals surface area contributed by atoms with Crippen LogP contribution in [0.4, 0.5) is 10.5 Å². The average Bonchev–Trinajstić information content (AvgIpc) is 3.06. The number of urea groups is 1. The topological polar surface area (TPSA) is 76.2 Å². The van der Waals surface area contributed by atoms with Gasteiger partial charge in [-0.2, -0.15) is 0 Å². The SMILES string of the molecule is Cc1cc(CC(CC(=O)N2CCC(N3Cc4ccccc4NC3=O)CC2)C(=O)N2CCC(C3CCN(C)CC3)CC2)ccc1Cl. The van der Waals surface area contributed by atoms with Crippen LogP contribution in [0.1, 0.15) is 61.6 Å². The molecule has 1 atom stereocenters. The number of piperidine rings is 3. The predicted molar refractivity (Wildman–Crippen MR) is 178 cm³/mol. The number of benzene rings is 2. The van der Waals surface area contributed by atoms with E-state index in [2.05, 4.69) is 23.3 Å². The van der Waals surface area contributed by atoms with Crippen molar-refractivity contribution in [2.45, 2.75) is 70.9 Å². The molecule has 2 aromatic carbocycles. The van der Waals surface area contributed by atoms with Crippen LogP contribution in [0.5, 0.6) is 0 Å². The number of anilines is 1. The molecule has 3 fully saturated rings. The van der Waals surface area contributed by atoms with E-state index >= 15 is 0 Å². The van der Waals surface area contributed by atoms with Gasteiger partial charge in [-0.05, 0) is 113 Å². The van der Waals surface area contributed by atoms with Crippen LogP contribution in [0, 0.1) is 24.7 Å². The second kappa shape index (κ2) is 14.1. The van der Waals surface area contributed by atoms with E-state index in [4.69, 9.17) is 11.6 Å². The zero-order valence-electron chi connectivity index (χ0n) is 26.8. The quantitative estimate of drug-likeness (QED) is 0.417. The molecular weight excluding hydrogens is 586 g/mol. The van der Waals surface area contributed by atoms with Gasteiger partial charge in [0.2, 0.25) is 11.8 Å². The summed E-state index contributed by atoms with van der Waals surface area (Å²) >= 11 is 6.31. The van der Waals surface area contributed by atoms with Crippen LogP contribution in [-0.2, 0) is 22.6 Å². The van der Waals surface area contributed by atoms with Crippen LogP contribution in [0.25, 0.3) is 0 Å². The van der Waals surface area contributed by atoms with Crippen molar-refractivity contribution >= 4 is 35.1 Å². The second-order valence-electron chi connectivity index (χ2n) is 13.8. The lowest BCUT2D eigenvalue weighted by molar-refractivity contribution is -0.143. The summed E-state index contributed by atoms with van der Waals surface area (Å²) in [4.78, 5) is 48.9. The fourth-order valence-electron chi connectivity index (χ4n) is 8.00. The fraction of sp³-hybridized carbons (Fsp3) is 0.583. The number of hydrogen-bond acceptors (Lipinski definition) is 4. The van der Waals surface area contributed by atoms with Gasteiger partial charge in [-0.25, -0.2) is 4.79 Å².